The van der Waals surface area contributed by atoms with Gasteiger partial charge in [-0.2, -0.15) is 0 Å². The molecule has 132 valence electrons. The van der Waals surface area contributed by atoms with E-state index in [0.29, 0.717) is 29.9 Å². The summed E-state index contributed by atoms with van der Waals surface area (Å²) >= 11 is 0. The average Bonchev–Trinajstić information content (AvgIpc) is 2.63. The molecular formula is C19H15F2N3O2. The quantitative estimate of drug-likeness (QED) is 0.749. The Morgan fingerprint density at radius 2 is 1.81 bits per heavy atom. The summed E-state index contributed by atoms with van der Waals surface area (Å²) in [4.78, 5) is 12.1. The molecule has 0 radical (unpaired) electrons. The maximum Gasteiger partial charge on any atom is 0.258 e. The third-order valence-corrected chi connectivity index (χ3v) is 3.55. The van der Waals surface area contributed by atoms with Gasteiger partial charge in [-0.3, -0.25) is 4.79 Å². The predicted octanol–water partition coefficient (Wildman–Crippen LogP) is 4.07. The van der Waals surface area contributed by atoms with E-state index in [0.717, 1.165) is 17.7 Å². The summed E-state index contributed by atoms with van der Waals surface area (Å²) in [6.45, 7) is 2.37. The van der Waals surface area contributed by atoms with Crippen LogP contribution in [0.1, 0.15) is 17.3 Å². The highest BCUT2D eigenvalue weighted by Crippen LogP contribution is 2.21. The molecule has 5 nitrogen and oxygen atoms in total. The van der Waals surface area contributed by atoms with Crippen molar-refractivity contribution in [2.24, 2.45) is 0 Å². The zero-order chi connectivity index (χ0) is 18.5. The minimum absolute atomic E-state index is 0.229. The standard InChI is InChI=1S/C19H15F2N3O2/c1-2-26-18-10-9-17(23-24-18)12-3-6-14(7-4-12)22-19(25)15-8-5-13(20)11-16(15)21/h3-11H,2H2,1H3,(H,22,25). The van der Waals surface area contributed by atoms with Crippen LogP contribution in [0, 0.1) is 11.6 Å². The van der Waals surface area contributed by atoms with E-state index in [1.165, 1.54) is 0 Å². The molecule has 7 heteroatoms. The molecule has 0 aliphatic heterocycles. The van der Waals surface area contributed by atoms with E-state index in [2.05, 4.69) is 15.5 Å². The molecule has 0 aliphatic carbocycles. The summed E-state index contributed by atoms with van der Waals surface area (Å²) in [6, 6.07) is 13.1. The van der Waals surface area contributed by atoms with Crippen molar-refractivity contribution in [1.82, 2.24) is 10.2 Å². The molecule has 26 heavy (non-hydrogen) atoms. The summed E-state index contributed by atoms with van der Waals surface area (Å²) in [7, 11) is 0. The van der Waals surface area contributed by atoms with Crippen LogP contribution in [0.4, 0.5) is 14.5 Å². The highest BCUT2D eigenvalue weighted by Gasteiger charge is 2.13. The van der Waals surface area contributed by atoms with E-state index in [9.17, 15) is 13.6 Å². The van der Waals surface area contributed by atoms with Crippen molar-refractivity contribution in [3.63, 3.8) is 0 Å². The lowest BCUT2D eigenvalue weighted by Gasteiger charge is -2.07. The number of amides is 1. The molecule has 1 heterocycles. The third kappa shape index (κ3) is 4.00. The van der Waals surface area contributed by atoms with E-state index < -0.39 is 17.5 Å². The monoisotopic (exact) mass is 355 g/mol. The molecule has 0 unspecified atom stereocenters. The Morgan fingerprint density at radius 1 is 1.04 bits per heavy atom. The summed E-state index contributed by atoms with van der Waals surface area (Å²) in [5, 5.41) is 10.6. The van der Waals surface area contributed by atoms with Crippen molar-refractivity contribution < 1.29 is 18.3 Å². The van der Waals surface area contributed by atoms with Gasteiger partial charge in [-0.05, 0) is 37.3 Å². The minimum atomic E-state index is -0.913. The molecule has 0 fully saturated rings. The molecule has 1 aromatic heterocycles. The number of rotatable bonds is 5. The first-order chi connectivity index (χ1) is 12.6. The number of hydrogen-bond donors (Lipinski definition) is 1. The van der Waals surface area contributed by atoms with E-state index in [4.69, 9.17) is 4.74 Å². The maximum atomic E-state index is 13.7. The SMILES string of the molecule is CCOc1ccc(-c2ccc(NC(=O)c3ccc(F)cc3F)cc2)nn1. The lowest BCUT2D eigenvalue weighted by molar-refractivity contribution is 0.102. The molecule has 3 aromatic rings. The van der Waals surface area contributed by atoms with Gasteiger partial charge in [-0.15, -0.1) is 10.2 Å². The van der Waals surface area contributed by atoms with Gasteiger partial charge in [0.15, 0.2) is 0 Å². The molecule has 0 aliphatic rings. The number of halogens is 2. The number of carbonyl (C=O) groups excluding carboxylic acids is 1. The number of carbonyl (C=O) groups is 1. The summed E-state index contributed by atoms with van der Waals surface area (Å²) in [6.07, 6.45) is 0. The van der Waals surface area contributed by atoms with Crippen LogP contribution in [-0.4, -0.2) is 22.7 Å². The van der Waals surface area contributed by atoms with E-state index in [1.54, 1.807) is 36.4 Å². The second kappa shape index (κ2) is 7.69. The smallest absolute Gasteiger partial charge is 0.258 e. The summed E-state index contributed by atoms with van der Waals surface area (Å²) in [5.74, 6) is -1.86. The average molecular weight is 355 g/mol. The molecule has 0 bridgehead atoms. The Hall–Kier alpha value is -3.35. The first kappa shape index (κ1) is 17.5. The summed E-state index contributed by atoms with van der Waals surface area (Å²) in [5.41, 5.74) is 1.69. The Kier molecular flexibility index (Phi) is 5.17. The highest BCUT2D eigenvalue weighted by molar-refractivity contribution is 6.04. The molecule has 2 aromatic carbocycles. The van der Waals surface area contributed by atoms with Gasteiger partial charge in [-0.1, -0.05) is 12.1 Å². The number of ether oxygens (including phenoxy) is 1. The number of nitrogens with zero attached hydrogens (tertiary/aromatic N) is 2. The fourth-order valence-corrected chi connectivity index (χ4v) is 2.30. The van der Waals surface area contributed by atoms with Gasteiger partial charge in [0, 0.05) is 23.4 Å². The third-order valence-electron chi connectivity index (χ3n) is 3.55. The molecule has 0 spiro atoms. The van der Waals surface area contributed by atoms with Gasteiger partial charge in [0.2, 0.25) is 5.88 Å². The van der Waals surface area contributed by atoms with Gasteiger partial charge in [0.25, 0.3) is 5.91 Å². The van der Waals surface area contributed by atoms with Crippen LogP contribution in [0.2, 0.25) is 0 Å². The fraction of sp³-hybridized carbons (Fsp3) is 0.105. The van der Waals surface area contributed by atoms with Crippen molar-refractivity contribution in [1.29, 1.82) is 0 Å². The number of hydrogen-bond acceptors (Lipinski definition) is 4. The molecule has 1 N–H and O–H groups in total. The maximum absolute atomic E-state index is 13.7. The topological polar surface area (TPSA) is 64.1 Å². The molecule has 3 rings (SSSR count). The lowest BCUT2D eigenvalue weighted by Crippen LogP contribution is -2.13. The zero-order valence-corrected chi connectivity index (χ0v) is 13.9. The zero-order valence-electron chi connectivity index (χ0n) is 13.9. The molecule has 0 atom stereocenters. The van der Waals surface area contributed by atoms with Crippen LogP contribution in [0.25, 0.3) is 11.3 Å². The first-order valence-electron chi connectivity index (χ1n) is 7.90. The Morgan fingerprint density at radius 3 is 2.42 bits per heavy atom. The lowest BCUT2D eigenvalue weighted by atomic mass is 10.1. The van der Waals surface area contributed by atoms with Crippen molar-refractivity contribution in [3.8, 4) is 17.1 Å². The van der Waals surface area contributed by atoms with Gasteiger partial charge in [-0.25, -0.2) is 8.78 Å². The molecule has 0 saturated heterocycles. The van der Waals surface area contributed by atoms with Gasteiger partial charge >= 0.3 is 0 Å². The highest BCUT2D eigenvalue weighted by atomic mass is 19.1. The summed E-state index contributed by atoms with van der Waals surface area (Å²) < 4.78 is 31.8. The van der Waals surface area contributed by atoms with Crippen LogP contribution in [-0.2, 0) is 0 Å². The predicted molar refractivity (Wildman–Crippen MR) is 92.9 cm³/mol. The van der Waals surface area contributed by atoms with E-state index in [-0.39, 0.29) is 5.56 Å². The number of anilines is 1. The number of aromatic nitrogens is 2. The van der Waals surface area contributed by atoms with Crippen molar-refractivity contribution >= 4 is 11.6 Å². The van der Waals surface area contributed by atoms with Crippen molar-refractivity contribution in [2.45, 2.75) is 6.92 Å². The Balaban J connectivity index is 1.72. The first-order valence-corrected chi connectivity index (χ1v) is 7.90. The van der Waals surface area contributed by atoms with Crippen LogP contribution in [0.15, 0.2) is 54.6 Å². The Labute approximate surface area is 148 Å². The second-order valence-corrected chi connectivity index (χ2v) is 5.35. The van der Waals surface area contributed by atoms with E-state index in [1.807, 2.05) is 6.92 Å². The van der Waals surface area contributed by atoms with Crippen molar-refractivity contribution in [2.75, 3.05) is 11.9 Å². The largest absolute Gasteiger partial charge is 0.477 e. The number of benzene rings is 2. The molecule has 1 amide bonds. The van der Waals surface area contributed by atoms with Crippen molar-refractivity contribution in [3.05, 3.63) is 71.8 Å². The number of nitrogens with one attached hydrogen (secondary N) is 1. The second-order valence-electron chi connectivity index (χ2n) is 5.35. The van der Waals surface area contributed by atoms with Crippen LogP contribution >= 0.6 is 0 Å². The fourth-order valence-electron chi connectivity index (χ4n) is 2.30. The van der Waals surface area contributed by atoms with Gasteiger partial charge in [0.05, 0.1) is 17.9 Å². The minimum Gasteiger partial charge on any atom is -0.477 e. The van der Waals surface area contributed by atoms with Crippen LogP contribution < -0.4 is 10.1 Å². The molecule has 0 saturated carbocycles. The van der Waals surface area contributed by atoms with Crippen LogP contribution in [0.5, 0.6) is 5.88 Å². The van der Waals surface area contributed by atoms with Gasteiger partial charge in [0.1, 0.15) is 11.6 Å². The van der Waals surface area contributed by atoms with E-state index >= 15 is 0 Å². The molecular weight excluding hydrogens is 340 g/mol. The van der Waals surface area contributed by atoms with Gasteiger partial charge < -0.3 is 10.1 Å². The normalized spacial score (nSPS) is 10.4. The van der Waals surface area contributed by atoms with Crippen LogP contribution in [0.3, 0.4) is 0 Å². The Bertz CT molecular complexity index is 913.